The molecule has 1 saturated carbocycles. The first-order valence-electron chi connectivity index (χ1n) is 5.10. The van der Waals surface area contributed by atoms with Crippen LogP contribution >= 0.6 is 11.8 Å². The molecular formula is C10H18O2S. The van der Waals surface area contributed by atoms with Crippen molar-refractivity contribution in [3.63, 3.8) is 0 Å². The number of hydrogen-bond acceptors (Lipinski definition) is 2. The van der Waals surface area contributed by atoms with Crippen LogP contribution < -0.4 is 0 Å². The van der Waals surface area contributed by atoms with Crippen LogP contribution in [0.5, 0.6) is 0 Å². The Morgan fingerprint density at radius 1 is 1.46 bits per heavy atom. The smallest absolute Gasteiger partial charge is 0.307 e. The van der Waals surface area contributed by atoms with Crippen LogP contribution in [0.1, 0.15) is 39.0 Å². The summed E-state index contributed by atoms with van der Waals surface area (Å²) >= 11 is 1.85. The van der Waals surface area contributed by atoms with Crippen LogP contribution in [0.2, 0.25) is 0 Å². The minimum atomic E-state index is -0.590. The normalized spacial score (nSPS) is 28.7. The van der Waals surface area contributed by atoms with Crippen molar-refractivity contribution in [1.82, 2.24) is 0 Å². The second-order valence-electron chi connectivity index (χ2n) is 3.64. The van der Waals surface area contributed by atoms with Gasteiger partial charge in [-0.3, -0.25) is 4.79 Å². The molecule has 13 heavy (non-hydrogen) atoms. The summed E-state index contributed by atoms with van der Waals surface area (Å²) in [6.07, 6.45) is 5.44. The van der Waals surface area contributed by atoms with E-state index >= 15 is 0 Å². The Labute approximate surface area is 84.1 Å². The monoisotopic (exact) mass is 202 g/mol. The summed E-state index contributed by atoms with van der Waals surface area (Å²) in [5.74, 6) is 0.438. The van der Waals surface area contributed by atoms with E-state index in [1.165, 1.54) is 6.42 Å². The van der Waals surface area contributed by atoms with Crippen molar-refractivity contribution in [1.29, 1.82) is 0 Å². The zero-order valence-electron chi connectivity index (χ0n) is 8.16. The molecule has 76 valence electrons. The summed E-state index contributed by atoms with van der Waals surface area (Å²) in [4.78, 5) is 10.9. The highest BCUT2D eigenvalue weighted by Crippen LogP contribution is 2.33. The molecule has 2 atom stereocenters. The molecule has 0 aromatic carbocycles. The van der Waals surface area contributed by atoms with Gasteiger partial charge < -0.3 is 5.11 Å². The van der Waals surface area contributed by atoms with Gasteiger partial charge in [-0.2, -0.15) is 11.8 Å². The molecule has 0 unspecified atom stereocenters. The molecule has 0 amide bonds. The van der Waals surface area contributed by atoms with Gasteiger partial charge in [-0.05, 0) is 25.0 Å². The topological polar surface area (TPSA) is 37.3 Å². The van der Waals surface area contributed by atoms with E-state index in [0.717, 1.165) is 31.4 Å². The van der Waals surface area contributed by atoms with E-state index in [0.29, 0.717) is 5.25 Å². The highest BCUT2D eigenvalue weighted by molar-refractivity contribution is 7.99. The Kier molecular flexibility index (Phi) is 4.64. The van der Waals surface area contributed by atoms with Crippen molar-refractivity contribution in [3.05, 3.63) is 0 Å². The minimum absolute atomic E-state index is 0.0784. The number of carboxylic acids is 1. The molecule has 0 aromatic rings. The van der Waals surface area contributed by atoms with E-state index in [-0.39, 0.29) is 5.92 Å². The predicted molar refractivity (Wildman–Crippen MR) is 56.1 cm³/mol. The third-order valence-corrected chi connectivity index (χ3v) is 4.19. The van der Waals surface area contributed by atoms with E-state index < -0.39 is 5.97 Å². The third-order valence-electron chi connectivity index (χ3n) is 2.56. The van der Waals surface area contributed by atoms with E-state index in [1.807, 2.05) is 11.8 Å². The van der Waals surface area contributed by atoms with Crippen LogP contribution in [0, 0.1) is 5.92 Å². The first kappa shape index (κ1) is 10.9. The summed E-state index contributed by atoms with van der Waals surface area (Å²) in [6, 6.07) is 0. The molecule has 3 heteroatoms. The molecular weight excluding hydrogens is 184 g/mol. The molecule has 0 spiro atoms. The lowest BCUT2D eigenvalue weighted by Gasteiger charge is -2.27. The van der Waals surface area contributed by atoms with Gasteiger partial charge in [0.1, 0.15) is 0 Å². The standard InChI is InChI=1S/C10H18O2S/c1-2-7-13-9-6-4-3-5-8(9)10(11)12/h8-9H,2-7H2,1H3,(H,11,12)/t8-,9-/m1/s1. The highest BCUT2D eigenvalue weighted by Gasteiger charge is 2.30. The molecule has 0 radical (unpaired) electrons. The summed E-state index contributed by atoms with van der Waals surface area (Å²) in [6.45, 7) is 2.14. The van der Waals surface area contributed by atoms with Crippen molar-refractivity contribution in [2.75, 3.05) is 5.75 Å². The largest absolute Gasteiger partial charge is 0.481 e. The fourth-order valence-electron chi connectivity index (χ4n) is 1.85. The van der Waals surface area contributed by atoms with Gasteiger partial charge in [-0.15, -0.1) is 0 Å². The van der Waals surface area contributed by atoms with E-state index in [9.17, 15) is 4.79 Å². The maximum Gasteiger partial charge on any atom is 0.307 e. The lowest BCUT2D eigenvalue weighted by molar-refractivity contribution is -0.142. The fourth-order valence-corrected chi connectivity index (χ4v) is 3.20. The lowest BCUT2D eigenvalue weighted by Crippen LogP contribution is -2.29. The van der Waals surface area contributed by atoms with Crippen molar-refractivity contribution in [2.45, 2.75) is 44.3 Å². The first-order valence-corrected chi connectivity index (χ1v) is 6.15. The number of hydrogen-bond donors (Lipinski definition) is 1. The number of rotatable bonds is 4. The summed E-state index contributed by atoms with van der Waals surface area (Å²) in [5.41, 5.74) is 0. The molecule has 1 aliphatic carbocycles. The van der Waals surface area contributed by atoms with Gasteiger partial charge in [0.05, 0.1) is 5.92 Å². The van der Waals surface area contributed by atoms with E-state index in [1.54, 1.807) is 0 Å². The number of carbonyl (C=O) groups is 1. The fraction of sp³-hybridized carbons (Fsp3) is 0.900. The van der Waals surface area contributed by atoms with Crippen LogP contribution in [0.4, 0.5) is 0 Å². The zero-order chi connectivity index (χ0) is 9.68. The molecule has 0 aliphatic heterocycles. The van der Waals surface area contributed by atoms with Gasteiger partial charge in [-0.25, -0.2) is 0 Å². The van der Waals surface area contributed by atoms with E-state index in [2.05, 4.69) is 6.92 Å². The van der Waals surface area contributed by atoms with Gasteiger partial charge in [0, 0.05) is 5.25 Å². The van der Waals surface area contributed by atoms with Crippen molar-refractivity contribution >= 4 is 17.7 Å². The average Bonchev–Trinajstić information content (AvgIpc) is 2.15. The summed E-state index contributed by atoms with van der Waals surface area (Å²) in [7, 11) is 0. The summed E-state index contributed by atoms with van der Waals surface area (Å²) < 4.78 is 0. The molecule has 2 nitrogen and oxygen atoms in total. The van der Waals surface area contributed by atoms with Crippen LogP contribution in [-0.4, -0.2) is 22.1 Å². The first-order chi connectivity index (χ1) is 6.25. The van der Waals surface area contributed by atoms with Gasteiger partial charge >= 0.3 is 5.97 Å². The second kappa shape index (κ2) is 5.53. The Morgan fingerprint density at radius 3 is 2.77 bits per heavy atom. The van der Waals surface area contributed by atoms with Crippen LogP contribution in [0.15, 0.2) is 0 Å². The van der Waals surface area contributed by atoms with Gasteiger partial charge in [0.2, 0.25) is 0 Å². The molecule has 0 bridgehead atoms. The van der Waals surface area contributed by atoms with E-state index in [4.69, 9.17) is 5.11 Å². The number of carboxylic acid groups (broad SMARTS) is 1. The van der Waals surface area contributed by atoms with Gasteiger partial charge in [0.25, 0.3) is 0 Å². The Balaban J connectivity index is 2.41. The lowest BCUT2D eigenvalue weighted by atomic mass is 9.89. The quantitative estimate of drug-likeness (QED) is 0.761. The van der Waals surface area contributed by atoms with Gasteiger partial charge in [0.15, 0.2) is 0 Å². The van der Waals surface area contributed by atoms with Crippen LogP contribution in [0.25, 0.3) is 0 Å². The predicted octanol–water partition coefficient (Wildman–Crippen LogP) is 2.77. The molecule has 0 saturated heterocycles. The Bertz CT molecular complexity index is 170. The molecule has 1 N–H and O–H groups in total. The van der Waals surface area contributed by atoms with Crippen molar-refractivity contribution in [3.8, 4) is 0 Å². The highest BCUT2D eigenvalue weighted by atomic mass is 32.2. The molecule has 1 fully saturated rings. The summed E-state index contributed by atoms with van der Waals surface area (Å²) in [5, 5.41) is 9.38. The third kappa shape index (κ3) is 3.22. The van der Waals surface area contributed by atoms with Crippen molar-refractivity contribution in [2.24, 2.45) is 5.92 Å². The van der Waals surface area contributed by atoms with Crippen molar-refractivity contribution < 1.29 is 9.90 Å². The maximum absolute atomic E-state index is 10.9. The van der Waals surface area contributed by atoms with Crippen LogP contribution in [-0.2, 0) is 4.79 Å². The molecule has 0 heterocycles. The second-order valence-corrected chi connectivity index (χ2v) is 4.99. The average molecular weight is 202 g/mol. The maximum atomic E-state index is 10.9. The SMILES string of the molecule is CCCS[C@@H]1CCCC[C@H]1C(=O)O. The number of aliphatic carboxylic acids is 1. The number of thioether (sulfide) groups is 1. The van der Waals surface area contributed by atoms with Gasteiger partial charge in [-0.1, -0.05) is 19.8 Å². The zero-order valence-corrected chi connectivity index (χ0v) is 8.98. The minimum Gasteiger partial charge on any atom is -0.481 e. The molecule has 1 aliphatic rings. The Morgan fingerprint density at radius 2 is 2.15 bits per heavy atom. The molecule has 1 rings (SSSR count). The Hall–Kier alpha value is -0.180. The van der Waals surface area contributed by atoms with Crippen LogP contribution in [0.3, 0.4) is 0 Å². The molecule has 0 aromatic heterocycles.